The fourth-order valence-electron chi connectivity index (χ4n) is 3.54. The molecule has 1 aliphatic heterocycles. The monoisotopic (exact) mass is 337 g/mol. The van der Waals surface area contributed by atoms with Crippen LogP contribution >= 0.6 is 12.4 Å². The minimum absolute atomic E-state index is 0. The van der Waals surface area contributed by atoms with Crippen molar-refractivity contribution in [2.75, 3.05) is 11.9 Å². The number of carbonyl (C=O) groups is 2. The Kier molecular flexibility index (Phi) is 6.42. The van der Waals surface area contributed by atoms with Crippen molar-refractivity contribution in [3.63, 3.8) is 0 Å². The van der Waals surface area contributed by atoms with Crippen molar-refractivity contribution in [2.45, 2.75) is 44.2 Å². The van der Waals surface area contributed by atoms with Gasteiger partial charge >= 0.3 is 0 Å². The highest BCUT2D eigenvalue weighted by atomic mass is 35.5. The van der Waals surface area contributed by atoms with Crippen LogP contribution in [0.25, 0.3) is 0 Å². The van der Waals surface area contributed by atoms with Crippen molar-refractivity contribution in [3.8, 4) is 0 Å². The Labute approximate surface area is 143 Å². The molecule has 5 nitrogen and oxygen atoms in total. The normalized spacial score (nSPS) is 25.8. The van der Waals surface area contributed by atoms with Crippen LogP contribution in [-0.4, -0.2) is 30.4 Å². The second-order valence-corrected chi connectivity index (χ2v) is 6.24. The largest absolute Gasteiger partial charge is 0.346 e. The van der Waals surface area contributed by atoms with Gasteiger partial charge in [-0.3, -0.25) is 9.59 Å². The molecule has 3 rings (SSSR count). The summed E-state index contributed by atoms with van der Waals surface area (Å²) in [6.45, 7) is 0.0151. The Morgan fingerprint density at radius 3 is 2.61 bits per heavy atom. The highest BCUT2D eigenvalue weighted by molar-refractivity contribution is 5.95. The molecule has 3 N–H and O–H groups in total. The van der Waals surface area contributed by atoms with Crippen LogP contribution in [0.15, 0.2) is 30.3 Å². The Hall–Kier alpha value is -1.59. The molecule has 6 heteroatoms. The van der Waals surface area contributed by atoms with Crippen molar-refractivity contribution in [3.05, 3.63) is 30.3 Å². The summed E-state index contributed by atoms with van der Waals surface area (Å²) < 4.78 is 0. The number of halogens is 1. The first-order chi connectivity index (χ1) is 10.7. The van der Waals surface area contributed by atoms with E-state index in [0.717, 1.165) is 12.1 Å². The lowest BCUT2D eigenvalue weighted by atomic mass is 9.85. The summed E-state index contributed by atoms with van der Waals surface area (Å²) in [5.74, 6) is 0.371. The maximum absolute atomic E-state index is 12.2. The summed E-state index contributed by atoms with van der Waals surface area (Å²) in [7, 11) is 0. The van der Waals surface area contributed by atoms with Gasteiger partial charge in [0.1, 0.15) is 0 Å². The van der Waals surface area contributed by atoms with Crippen LogP contribution in [0, 0.1) is 5.92 Å². The van der Waals surface area contributed by atoms with Crippen LogP contribution in [0.3, 0.4) is 0 Å². The minimum Gasteiger partial charge on any atom is -0.346 e. The number of hydrogen-bond donors (Lipinski definition) is 3. The fourth-order valence-corrected chi connectivity index (χ4v) is 3.54. The predicted molar refractivity (Wildman–Crippen MR) is 92.6 cm³/mol. The molecule has 0 bridgehead atoms. The number of benzene rings is 1. The summed E-state index contributed by atoms with van der Waals surface area (Å²) in [6, 6.07) is 9.60. The number of fused-ring (bicyclic) bond motifs is 1. The molecule has 3 atom stereocenters. The molecule has 2 amide bonds. The maximum atomic E-state index is 12.2. The van der Waals surface area contributed by atoms with Gasteiger partial charge in [-0.25, -0.2) is 0 Å². The average Bonchev–Trinajstić information content (AvgIpc) is 2.98. The molecular formula is C17H24ClN3O2. The predicted octanol–water partition coefficient (Wildman–Crippen LogP) is 2.08. The first kappa shape index (κ1) is 17.8. The van der Waals surface area contributed by atoms with Crippen molar-refractivity contribution < 1.29 is 9.59 Å². The van der Waals surface area contributed by atoms with Crippen molar-refractivity contribution in [2.24, 2.45) is 5.92 Å². The number of nitrogens with one attached hydrogen (secondary N) is 3. The van der Waals surface area contributed by atoms with E-state index in [1.807, 2.05) is 30.3 Å². The van der Waals surface area contributed by atoms with Gasteiger partial charge in [-0.2, -0.15) is 0 Å². The molecule has 0 radical (unpaired) electrons. The van der Waals surface area contributed by atoms with Gasteiger partial charge in [0.25, 0.3) is 0 Å². The number of amides is 2. The number of carbonyl (C=O) groups excluding carboxylic acids is 2. The van der Waals surface area contributed by atoms with E-state index in [1.54, 1.807) is 0 Å². The number of anilines is 1. The molecule has 0 spiro atoms. The second-order valence-electron chi connectivity index (χ2n) is 6.24. The molecule has 2 fully saturated rings. The lowest BCUT2D eigenvalue weighted by Crippen LogP contribution is -2.45. The third-order valence-corrected chi connectivity index (χ3v) is 4.66. The van der Waals surface area contributed by atoms with E-state index in [4.69, 9.17) is 0 Å². The van der Waals surface area contributed by atoms with Crippen LogP contribution in [0.1, 0.15) is 32.1 Å². The van der Waals surface area contributed by atoms with Gasteiger partial charge in [0.05, 0.1) is 12.6 Å². The fraction of sp³-hybridized carbons (Fsp3) is 0.529. The highest BCUT2D eigenvalue weighted by Crippen LogP contribution is 2.33. The third-order valence-electron chi connectivity index (χ3n) is 4.66. The lowest BCUT2D eigenvalue weighted by molar-refractivity contribution is -0.125. The van der Waals surface area contributed by atoms with Crippen LogP contribution < -0.4 is 16.0 Å². The molecule has 0 aromatic heterocycles. The molecule has 2 aliphatic rings. The average molecular weight is 338 g/mol. The van der Waals surface area contributed by atoms with Gasteiger partial charge in [-0.1, -0.05) is 31.0 Å². The number of para-hydroxylation sites is 1. The molecule has 1 saturated carbocycles. The summed E-state index contributed by atoms with van der Waals surface area (Å²) >= 11 is 0. The van der Waals surface area contributed by atoms with Gasteiger partial charge in [-0.15, -0.1) is 12.4 Å². The molecule has 1 aliphatic carbocycles. The Morgan fingerprint density at radius 1 is 1.13 bits per heavy atom. The Bertz CT molecular complexity index is 524. The van der Waals surface area contributed by atoms with E-state index in [0.29, 0.717) is 12.0 Å². The molecular weight excluding hydrogens is 314 g/mol. The molecule has 1 aromatic rings. The SMILES string of the molecule is Cl.O=C(CNC(=O)C1CC2CCCCC2N1)Nc1ccccc1. The summed E-state index contributed by atoms with van der Waals surface area (Å²) in [5, 5.41) is 8.93. The smallest absolute Gasteiger partial charge is 0.243 e. The zero-order chi connectivity index (χ0) is 15.4. The number of rotatable bonds is 4. The van der Waals surface area contributed by atoms with Crippen LogP contribution in [0.4, 0.5) is 5.69 Å². The van der Waals surface area contributed by atoms with E-state index in [-0.39, 0.29) is 36.8 Å². The van der Waals surface area contributed by atoms with E-state index in [1.165, 1.54) is 25.7 Å². The Balaban J connectivity index is 0.00000192. The summed E-state index contributed by atoms with van der Waals surface area (Å²) in [6.07, 6.45) is 5.81. The van der Waals surface area contributed by atoms with Gasteiger partial charge in [0.15, 0.2) is 0 Å². The zero-order valence-electron chi connectivity index (χ0n) is 13.1. The van der Waals surface area contributed by atoms with Gasteiger partial charge in [0.2, 0.25) is 11.8 Å². The Morgan fingerprint density at radius 2 is 1.87 bits per heavy atom. The molecule has 1 aromatic carbocycles. The van der Waals surface area contributed by atoms with Crippen molar-refractivity contribution in [1.29, 1.82) is 0 Å². The topological polar surface area (TPSA) is 70.2 Å². The highest BCUT2D eigenvalue weighted by Gasteiger charge is 2.38. The lowest BCUT2D eigenvalue weighted by Gasteiger charge is -2.24. The van der Waals surface area contributed by atoms with Crippen LogP contribution in [0.5, 0.6) is 0 Å². The van der Waals surface area contributed by atoms with Gasteiger partial charge < -0.3 is 16.0 Å². The molecule has 23 heavy (non-hydrogen) atoms. The first-order valence-electron chi connectivity index (χ1n) is 8.11. The third kappa shape index (κ3) is 4.69. The maximum Gasteiger partial charge on any atom is 0.243 e. The quantitative estimate of drug-likeness (QED) is 0.788. The van der Waals surface area contributed by atoms with E-state index in [2.05, 4.69) is 16.0 Å². The number of hydrogen-bond acceptors (Lipinski definition) is 3. The van der Waals surface area contributed by atoms with Gasteiger partial charge in [-0.05, 0) is 37.3 Å². The van der Waals surface area contributed by atoms with E-state index >= 15 is 0 Å². The van der Waals surface area contributed by atoms with Gasteiger partial charge in [0, 0.05) is 11.7 Å². The van der Waals surface area contributed by atoms with Crippen LogP contribution in [-0.2, 0) is 9.59 Å². The summed E-state index contributed by atoms with van der Waals surface area (Å²) in [5.41, 5.74) is 0.742. The first-order valence-corrected chi connectivity index (χ1v) is 8.11. The molecule has 126 valence electrons. The van der Waals surface area contributed by atoms with E-state index in [9.17, 15) is 9.59 Å². The second kappa shape index (κ2) is 8.31. The van der Waals surface area contributed by atoms with Crippen LogP contribution in [0.2, 0.25) is 0 Å². The minimum atomic E-state index is -0.199. The molecule has 1 heterocycles. The standard InChI is InChI=1S/C17H23N3O2.ClH/c21-16(19-13-7-2-1-3-8-13)11-18-17(22)15-10-12-6-4-5-9-14(12)20-15;/h1-3,7-8,12,14-15,20H,4-6,9-11H2,(H,18,22)(H,19,21);1H. The molecule has 1 saturated heterocycles. The van der Waals surface area contributed by atoms with E-state index < -0.39 is 0 Å². The van der Waals surface area contributed by atoms with Crippen molar-refractivity contribution >= 4 is 29.9 Å². The molecule has 3 unspecified atom stereocenters. The zero-order valence-corrected chi connectivity index (χ0v) is 13.9. The van der Waals surface area contributed by atoms with Crippen molar-refractivity contribution in [1.82, 2.24) is 10.6 Å². The summed E-state index contributed by atoms with van der Waals surface area (Å²) in [4.78, 5) is 24.0.